The van der Waals surface area contributed by atoms with Crippen LogP contribution in [0.25, 0.3) is 0 Å². The Balaban J connectivity index is 1.91. The molecular weight excluding hydrogens is 314 g/mol. The van der Waals surface area contributed by atoms with Gasteiger partial charge in [-0.2, -0.15) is 0 Å². The van der Waals surface area contributed by atoms with Gasteiger partial charge in [-0.15, -0.1) is 17.9 Å². The maximum atomic E-state index is 4.29. The van der Waals surface area contributed by atoms with E-state index < -0.39 is 0 Å². The van der Waals surface area contributed by atoms with E-state index in [9.17, 15) is 0 Å². The van der Waals surface area contributed by atoms with Crippen LogP contribution in [-0.4, -0.2) is 50.1 Å². The van der Waals surface area contributed by atoms with Crippen molar-refractivity contribution in [2.24, 2.45) is 0 Å². The number of anilines is 1. The number of thiophene rings is 1. The summed E-state index contributed by atoms with van der Waals surface area (Å²) >= 11 is 1.87. The molecular formula is C20H29N3S. The van der Waals surface area contributed by atoms with Gasteiger partial charge in [-0.3, -0.25) is 0 Å². The van der Waals surface area contributed by atoms with E-state index in [0.717, 1.165) is 50.4 Å². The predicted molar refractivity (Wildman–Crippen MR) is 108 cm³/mol. The quantitative estimate of drug-likeness (QED) is 0.519. The summed E-state index contributed by atoms with van der Waals surface area (Å²) in [7, 11) is 4.14. The van der Waals surface area contributed by atoms with Crippen LogP contribution in [0, 0.1) is 0 Å². The average molecular weight is 344 g/mol. The third-order valence-corrected chi connectivity index (χ3v) is 5.21. The first-order valence-electron chi connectivity index (χ1n) is 8.41. The van der Waals surface area contributed by atoms with E-state index in [-0.39, 0.29) is 0 Å². The van der Waals surface area contributed by atoms with Crippen molar-refractivity contribution in [2.75, 3.05) is 45.2 Å². The van der Waals surface area contributed by atoms with Crippen LogP contribution in [0.5, 0.6) is 0 Å². The molecule has 1 saturated heterocycles. The highest BCUT2D eigenvalue weighted by atomic mass is 32.1. The lowest BCUT2D eigenvalue weighted by molar-refractivity contribution is 0.361. The van der Waals surface area contributed by atoms with Crippen molar-refractivity contribution in [3.63, 3.8) is 0 Å². The summed E-state index contributed by atoms with van der Waals surface area (Å²) in [6, 6.07) is 4.45. The largest absolute Gasteiger partial charge is 0.364 e. The normalized spacial score (nSPS) is 15.5. The van der Waals surface area contributed by atoms with Crippen LogP contribution in [0.2, 0.25) is 0 Å². The van der Waals surface area contributed by atoms with Crippen LogP contribution < -0.4 is 4.90 Å². The van der Waals surface area contributed by atoms with Crippen LogP contribution >= 0.6 is 11.3 Å². The SMILES string of the molecule is C=CCCc1ccc(N2CCN(C(=C)/C=C/CN(C)C)CC2=C)s1. The second-order valence-corrected chi connectivity index (χ2v) is 7.51. The van der Waals surface area contributed by atoms with Crippen molar-refractivity contribution in [3.8, 4) is 0 Å². The fourth-order valence-electron chi connectivity index (χ4n) is 2.67. The van der Waals surface area contributed by atoms with Crippen LogP contribution in [0.15, 0.2) is 61.5 Å². The molecule has 0 saturated carbocycles. The molecule has 2 heterocycles. The molecule has 130 valence electrons. The molecule has 4 heteroatoms. The van der Waals surface area contributed by atoms with Crippen LogP contribution in [0.4, 0.5) is 5.00 Å². The number of piperazine rings is 1. The molecule has 0 amide bonds. The highest BCUT2D eigenvalue weighted by Crippen LogP contribution is 2.31. The van der Waals surface area contributed by atoms with Crippen molar-refractivity contribution >= 4 is 16.3 Å². The first kappa shape index (κ1) is 18.6. The summed E-state index contributed by atoms with van der Waals surface area (Å²) < 4.78 is 0. The van der Waals surface area contributed by atoms with Gasteiger partial charge in [-0.25, -0.2) is 0 Å². The number of hydrogen-bond donors (Lipinski definition) is 0. The summed E-state index contributed by atoms with van der Waals surface area (Å²) in [5, 5.41) is 1.30. The van der Waals surface area contributed by atoms with E-state index in [1.807, 2.05) is 17.4 Å². The van der Waals surface area contributed by atoms with Crippen molar-refractivity contribution in [3.05, 3.63) is 66.4 Å². The van der Waals surface area contributed by atoms with Gasteiger partial charge < -0.3 is 14.7 Å². The molecule has 24 heavy (non-hydrogen) atoms. The highest BCUT2D eigenvalue weighted by molar-refractivity contribution is 7.16. The molecule has 0 aliphatic carbocycles. The molecule has 1 fully saturated rings. The Morgan fingerprint density at radius 1 is 1.33 bits per heavy atom. The third-order valence-electron chi connectivity index (χ3n) is 4.04. The van der Waals surface area contributed by atoms with Gasteiger partial charge in [0.05, 0.1) is 11.5 Å². The molecule has 2 rings (SSSR count). The molecule has 1 aliphatic rings. The maximum absolute atomic E-state index is 4.29. The predicted octanol–water partition coefficient (Wildman–Crippen LogP) is 4.13. The van der Waals surface area contributed by atoms with Gasteiger partial charge in [0.2, 0.25) is 0 Å². The number of allylic oxidation sites excluding steroid dienone is 2. The zero-order valence-corrected chi connectivity index (χ0v) is 15.8. The molecule has 0 unspecified atom stereocenters. The zero-order chi connectivity index (χ0) is 17.5. The highest BCUT2D eigenvalue weighted by Gasteiger charge is 2.21. The van der Waals surface area contributed by atoms with Gasteiger partial charge in [-0.05, 0) is 45.1 Å². The van der Waals surface area contributed by atoms with Crippen LogP contribution in [0.3, 0.4) is 0 Å². The Hall–Kier alpha value is -1.78. The van der Waals surface area contributed by atoms with E-state index in [0.29, 0.717) is 0 Å². The van der Waals surface area contributed by atoms with Crippen molar-refractivity contribution < 1.29 is 0 Å². The fraction of sp³-hybridized carbons (Fsp3) is 0.400. The standard InChI is InChI=1S/C20H29N3S/c1-6-7-10-19-11-12-20(24-19)23-15-14-22(16-18(23)3)17(2)9-8-13-21(4)5/h6,8-9,11-12H,1-3,7,10,13-16H2,4-5H3/b9-8+. The van der Waals surface area contributed by atoms with E-state index >= 15 is 0 Å². The van der Waals surface area contributed by atoms with Crippen LogP contribution in [-0.2, 0) is 6.42 Å². The van der Waals surface area contributed by atoms with Gasteiger partial charge in [0, 0.05) is 35.9 Å². The van der Waals surface area contributed by atoms with Crippen LogP contribution in [0.1, 0.15) is 11.3 Å². The molecule has 0 N–H and O–H groups in total. The maximum Gasteiger partial charge on any atom is 0.0954 e. The fourth-order valence-corrected chi connectivity index (χ4v) is 3.76. The van der Waals surface area contributed by atoms with Gasteiger partial charge in [0.1, 0.15) is 0 Å². The number of nitrogens with zero attached hydrogens (tertiary/aromatic N) is 3. The topological polar surface area (TPSA) is 9.72 Å². The first-order chi connectivity index (χ1) is 11.5. The summed E-state index contributed by atoms with van der Waals surface area (Å²) in [4.78, 5) is 8.20. The monoisotopic (exact) mass is 343 g/mol. The minimum absolute atomic E-state index is 0.838. The minimum atomic E-state index is 0.838. The van der Waals surface area contributed by atoms with E-state index in [1.165, 1.54) is 9.88 Å². The summed E-state index contributed by atoms with van der Waals surface area (Å²) in [6.07, 6.45) is 8.36. The van der Waals surface area contributed by atoms with Gasteiger partial charge >= 0.3 is 0 Å². The molecule has 0 atom stereocenters. The second kappa shape index (κ2) is 8.90. The Bertz CT molecular complexity index is 612. The number of hydrogen-bond acceptors (Lipinski definition) is 4. The van der Waals surface area contributed by atoms with E-state index in [1.54, 1.807) is 0 Å². The molecule has 0 aromatic carbocycles. The van der Waals surface area contributed by atoms with Gasteiger partial charge in [0.15, 0.2) is 0 Å². The first-order valence-corrected chi connectivity index (χ1v) is 9.23. The molecule has 1 aliphatic heterocycles. The van der Waals surface area contributed by atoms with E-state index in [2.05, 4.69) is 72.8 Å². The second-order valence-electron chi connectivity index (χ2n) is 6.36. The molecule has 1 aromatic heterocycles. The van der Waals surface area contributed by atoms with Crippen molar-refractivity contribution in [1.82, 2.24) is 9.80 Å². The molecule has 3 nitrogen and oxygen atoms in total. The molecule has 0 spiro atoms. The van der Waals surface area contributed by atoms with E-state index in [4.69, 9.17) is 0 Å². The lowest BCUT2D eigenvalue weighted by Crippen LogP contribution is -2.43. The lowest BCUT2D eigenvalue weighted by Gasteiger charge is -2.38. The molecule has 0 bridgehead atoms. The number of likely N-dealkylation sites (N-methyl/N-ethyl adjacent to an activating group) is 1. The Morgan fingerprint density at radius 2 is 2.12 bits per heavy atom. The number of aryl methyl sites for hydroxylation is 1. The molecule has 0 radical (unpaired) electrons. The van der Waals surface area contributed by atoms with Gasteiger partial charge in [-0.1, -0.05) is 25.3 Å². The summed E-state index contributed by atoms with van der Waals surface area (Å²) in [6.45, 7) is 16.0. The lowest BCUT2D eigenvalue weighted by atomic mass is 10.2. The Morgan fingerprint density at radius 3 is 2.79 bits per heavy atom. The number of rotatable bonds is 8. The third kappa shape index (κ3) is 5.11. The Labute approximate surface area is 150 Å². The average Bonchev–Trinajstić information content (AvgIpc) is 3.01. The Kier molecular flexibility index (Phi) is 6.88. The smallest absolute Gasteiger partial charge is 0.0954 e. The zero-order valence-electron chi connectivity index (χ0n) is 15.0. The van der Waals surface area contributed by atoms with Crippen molar-refractivity contribution in [2.45, 2.75) is 12.8 Å². The summed E-state index contributed by atoms with van der Waals surface area (Å²) in [5.41, 5.74) is 2.20. The molecule has 1 aromatic rings. The summed E-state index contributed by atoms with van der Waals surface area (Å²) in [5.74, 6) is 0. The van der Waals surface area contributed by atoms with Gasteiger partial charge in [0.25, 0.3) is 0 Å². The minimum Gasteiger partial charge on any atom is -0.364 e. The van der Waals surface area contributed by atoms with Crippen molar-refractivity contribution in [1.29, 1.82) is 0 Å².